The van der Waals surface area contributed by atoms with Crippen molar-refractivity contribution in [2.75, 3.05) is 6.54 Å². The Kier molecular flexibility index (Phi) is 5.45. The first-order valence-corrected chi connectivity index (χ1v) is 8.08. The van der Waals surface area contributed by atoms with Gasteiger partial charge in [-0.3, -0.25) is 9.89 Å². The van der Waals surface area contributed by atoms with Gasteiger partial charge in [-0.05, 0) is 48.5 Å². The summed E-state index contributed by atoms with van der Waals surface area (Å²) in [6.07, 6.45) is -4.44. The van der Waals surface area contributed by atoms with Crippen LogP contribution in [0.4, 0.5) is 17.6 Å². The van der Waals surface area contributed by atoms with Crippen LogP contribution in [0, 0.1) is 17.7 Å². The molecular formula is C20H13F4N3O. The molecule has 0 radical (unpaired) electrons. The van der Waals surface area contributed by atoms with Crippen LogP contribution >= 0.6 is 0 Å². The van der Waals surface area contributed by atoms with E-state index in [4.69, 9.17) is 0 Å². The first-order chi connectivity index (χ1) is 13.3. The van der Waals surface area contributed by atoms with Gasteiger partial charge < -0.3 is 5.32 Å². The number of amides is 1. The second-order valence-electron chi connectivity index (χ2n) is 5.74. The third kappa shape index (κ3) is 4.76. The molecule has 0 saturated heterocycles. The smallest absolute Gasteiger partial charge is 0.340 e. The summed E-state index contributed by atoms with van der Waals surface area (Å²) in [6, 6.07) is 11.8. The number of aromatic nitrogens is 2. The zero-order valence-corrected chi connectivity index (χ0v) is 14.3. The number of nitrogens with one attached hydrogen (secondary N) is 2. The van der Waals surface area contributed by atoms with Gasteiger partial charge in [-0.15, -0.1) is 0 Å². The highest BCUT2D eigenvalue weighted by Crippen LogP contribution is 2.29. The minimum Gasteiger partial charge on any atom is -0.340 e. The number of H-pyrrole nitrogens is 1. The SMILES string of the molecule is O=C(NCC#Cc1cccc(C(F)(F)F)c1)c1cc(-c2ccc(F)cc2)n[nH]1. The van der Waals surface area contributed by atoms with Crippen molar-refractivity contribution in [3.8, 4) is 23.1 Å². The van der Waals surface area contributed by atoms with Crippen molar-refractivity contribution in [2.45, 2.75) is 6.18 Å². The lowest BCUT2D eigenvalue weighted by molar-refractivity contribution is -0.137. The van der Waals surface area contributed by atoms with Gasteiger partial charge in [0.05, 0.1) is 17.8 Å². The summed E-state index contributed by atoms with van der Waals surface area (Å²) in [6.45, 7) is -0.0556. The topological polar surface area (TPSA) is 57.8 Å². The Labute approximate surface area is 157 Å². The van der Waals surface area contributed by atoms with Gasteiger partial charge in [0.15, 0.2) is 0 Å². The van der Waals surface area contributed by atoms with E-state index in [0.717, 1.165) is 12.1 Å². The van der Waals surface area contributed by atoms with Crippen LogP contribution in [0.5, 0.6) is 0 Å². The molecule has 1 aromatic heterocycles. The average Bonchev–Trinajstić information content (AvgIpc) is 3.15. The Balaban J connectivity index is 1.60. The number of carbonyl (C=O) groups excluding carboxylic acids is 1. The highest BCUT2D eigenvalue weighted by atomic mass is 19.4. The number of halogens is 4. The summed E-state index contributed by atoms with van der Waals surface area (Å²) in [5.74, 6) is 4.32. The largest absolute Gasteiger partial charge is 0.416 e. The zero-order chi connectivity index (χ0) is 20.1. The molecule has 0 aliphatic carbocycles. The quantitative estimate of drug-likeness (QED) is 0.527. The van der Waals surface area contributed by atoms with Crippen LogP contribution in [0.15, 0.2) is 54.6 Å². The molecule has 3 rings (SSSR count). The molecule has 0 unspecified atom stereocenters. The minimum absolute atomic E-state index is 0.0556. The molecule has 0 aliphatic rings. The van der Waals surface area contributed by atoms with E-state index in [9.17, 15) is 22.4 Å². The monoisotopic (exact) mass is 387 g/mol. The van der Waals surface area contributed by atoms with Crippen LogP contribution < -0.4 is 5.32 Å². The third-order valence-electron chi connectivity index (χ3n) is 3.72. The van der Waals surface area contributed by atoms with Crippen molar-refractivity contribution in [3.63, 3.8) is 0 Å². The summed E-state index contributed by atoms with van der Waals surface area (Å²) in [7, 11) is 0. The number of alkyl halides is 3. The Bertz CT molecular complexity index is 1040. The van der Waals surface area contributed by atoms with E-state index in [1.807, 2.05) is 0 Å². The molecule has 1 heterocycles. The predicted octanol–water partition coefficient (Wildman–Crippen LogP) is 4.02. The van der Waals surface area contributed by atoms with Gasteiger partial charge in [-0.1, -0.05) is 17.9 Å². The van der Waals surface area contributed by atoms with Crippen molar-refractivity contribution >= 4 is 5.91 Å². The molecule has 28 heavy (non-hydrogen) atoms. The summed E-state index contributed by atoms with van der Waals surface area (Å²) in [5.41, 5.74) is 0.708. The van der Waals surface area contributed by atoms with Gasteiger partial charge in [-0.2, -0.15) is 18.3 Å². The summed E-state index contributed by atoms with van der Waals surface area (Å²) in [4.78, 5) is 12.1. The third-order valence-corrected chi connectivity index (χ3v) is 3.72. The molecule has 1 amide bonds. The maximum Gasteiger partial charge on any atom is 0.416 e. The number of aromatic amines is 1. The standard InChI is InChI=1S/C20H13F4N3O/c21-16-8-6-14(7-9-16)17-12-18(27-26-17)19(28)25-10-2-4-13-3-1-5-15(11-13)20(22,23)24/h1,3,5-9,11-12H,10H2,(H,25,28)(H,26,27). The first kappa shape index (κ1) is 19.2. The normalized spacial score (nSPS) is 10.9. The number of rotatable bonds is 3. The fraction of sp³-hybridized carbons (Fsp3) is 0.100. The number of nitrogens with zero attached hydrogens (tertiary/aromatic N) is 1. The van der Waals surface area contributed by atoms with Gasteiger partial charge in [-0.25, -0.2) is 4.39 Å². The Morgan fingerprint density at radius 1 is 1.11 bits per heavy atom. The fourth-order valence-electron chi connectivity index (χ4n) is 2.35. The number of hydrogen-bond acceptors (Lipinski definition) is 2. The van der Waals surface area contributed by atoms with E-state index in [-0.39, 0.29) is 23.6 Å². The summed E-state index contributed by atoms with van der Waals surface area (Å²) < 4.78 is 50.9. The van der Waals surface area contributed by atoms with Crippen molar-refractivity contribution in [2.24, 2.45) is 0 Å². The maximum absolute atomic E-state index is 13.0. The molecule has 3 aromatic rings. The molecule has 0 aliphatic heterocycles. The Morgan fingerprint density at radius 3 is 2.57 bits per heavy atom. The molecule has 0 saturated carbocycles. The Hall–Kier alpha value is -3.60. The first-order valence-electron chi connectivity index (χ1n) is 8.08. The van der Waals surface area contributed by atoms with Gasteiger partial charge in [0.25, 0.3) is 5.91 Å². The second kappa shape index (κ2) is 7.96. The second-order valence-corrected chi connectivity index (χ2v) is 5.74. The maximum atomic E-state index is 13.0. The van der Waals surface area contributed by atoms with Crippen LogP contribution in [0.1, 0.15) is 21.6 Å². The van der Waals surface area contributed by atoms with Gasteiger partial charge >= 0.3 is 6.18 Å². The number of carbonyl (C=O) groups is 1. The molecule has 0 bridgehead atoms. The highest BCUT2D eigenvalue weighted by molar-refractivity contribution is 5.93. The van der Waals surface area contributed by atoms with E-state index in [2.05, 4.69) is 27.4 Å². The average molecular weight is 387 g/mol. The number of hydrogen-bond donors (Lipinski definition) is 2. The van der Waals surface area contributed by atoms with Crippen LogP contribution in [0.25, 0.3) is 11.3 Å². The van der Waals surface area contributed by atoms with Gasteiger partial charge in [0.2, 0.25) is 0 Å². The van der Waals surface area contributed by atoms with Crippen molar-refractivity contribution < 1.29 is 22.4 Å². The lowest BCUT2D eigenvalue weighted by Gasteiger charge is -2.05. The molecule has 0 fully saturated rings. The van der Waals surface area contributed by atoms with Crippen LogP contribution in [0.3, 0.4) is 0 Å². The van der Waals surface area contributed by atoms with Crippen molar-refractivity contribution in [3.05, 3.63) is 77.2 Å². The highest BCUT2D eigenvalue weighted by Gasteiger charge is 2.30. The Morgan fingerprint density at radius 2 is 1.86 bits per heavy atom. The minimum atomic E-state index is -4.44. The number of benzene rings is 2. The molecule has 142 valence electrons. The fourth-order valence-corrected chi connectivity index (χ4v) is 2.35. The summed E-state index contributed by atoms with van der Waals surface area (Å²) in [5, 5.41) is 9.09. The van der Waals surface area contributed by atoms with Crippen LogP contribution in [-0.2, 0) is 6.18 Å². The summed E-state index contributed by atoms with van der Waals surface area (Å²) >= 11 is 0. The van der Waals surface area contributed by atoms with E-state index in [0.29, 0.717) is 11.3 Å². The molecule has 8 heteroatoms. The van der Waals surface area contributed by atoms with E-state index in [1.165, 1.54) is 42.5 Å². The van der Waals surface area contributed by atoms with Crippen LogP contribution in [-0.4, -0.2) is 22.6 Å². The molecule has 2 N–H and O–H groups in total. The molecule has 0 atom stereocenters. The van der Waals surface area contributed by atoms with Crippen molar-refractivity contribution in [1.82, 2.24) is 15.5 Å². The van der Waals surface area contributed by atoms with E-state index in [1.54, 1.807) is 0 Å². The van der Waals surface area contributed by atoms with E-state index < -0.39 is 17.6 Å². The lowest BCUT2D eigenvalue weighted by atomic mass is 10.1. The molecule has 2 aromatic carbocycles. The van der Waals surface area contributed by atoms with Crippen molar-refractivity contribution in [1.29, 1.82) is 0 Å². The molecule has 0 spiro atoms. The van der Waals surface area contributed by atoms with E-state index >= 15 is 0 Å². The predicted molar refractivity (Wildman–Crippen MR) is 94.6 cm³/mol. The van der Waals surface area contributed by atoms with Gasteiger partial charge in [0, 0.05) is 11.1 Å². The molecule has 4 nitrogen and oxygen atoms in total. The van der Waals surface area contributed by atoms with Gasteiger partial charge in [0.1, 0.15) is 11.5 Å². The molecular weight excluding hydrogens is 374 g/mol. The lowest BCUT2D eigenvalue weighted by Crippen LogP contribution is -2.23. The zero-order valence-electron chi connectivity index (χ0n) is 14.3. The van der Waals surface area contributed by atoms with Crippen LogP contribution in [0.2, 0.25) is 0 Å².